The van der Waals surface area contributed by atoms with Crippen molar-refractivity contribution in [2.45, 2.75) is 18.4 Å². The maximum Gasteiger partial charge on any atom is 0.417 e. The highest BCUT2D eigenvalue weighted by Crippen LogP contribution is 2.43. The average molecular weight is 523 g/mol. The lowest BCUT2D eigenvalue weighted by Crippen LogP contribution is -2.22. The van der Waals surface area contributed by atoms with Crippen LogP contribution in [-0.2, 0) is 6.18 Å². The van der Waals surface area contributed by atoms with Crippen LogP contribution < -0.4 is 4.90 Å². The minimum absolute atomic E-state index is 0.0510. The van der Waals surface area contributed by atoms with E-state index >= 15 is 0 Å². The van der Waals surface area contributed by atoms with E-state index in [9.17, 15) is 28.5 Å². The normalized spacial score (nSPS) is 19.1. The number of H-pyrrole nitrogens is 1. The van der Waals surface area contributed by atoms with Crippen molar-refractivity contribution in [3.05, 3.63) is 69.2 Å². The average Bonchev–Trinajstić information content (AvgIpc) is 3.51. The van der Waals surface area contributed by atoms with Crippen LogP contribution in [0.3, 0.4) is 0 Å². The van der Waals surface area contributed by atoms with Gasteiger partial charge in [-0.2, -0.15) is 23.3 Å². The van der Waals surface area contributed by atoms with Gasteiger partial charge in [0.2, 0.25) is 5.88 Å². The highest BCUT2D eigenvalue weighted by molar-refractivity contribution is 7.17. The fraction of sp³-hybridized carbons (Fsp3) is 0.217. The Labute approximate surface area is 205 Å². The molecule has 0 bridgehead atoms. The molecule has 3 heterocycles. The molecule has 35 heavy (non-hydrogen) atoms. The van der Waals surface area contributed by atoms with Crippen LogP contribution in [0.1, 0.15) is 21.6 Å². The number of hydrogen-bond acceptors (Lipinski definition) is 7. The van der Waals surface area contributed by atoms with Gasteiger partial charge in [-0.3, -0.25) is 5.10 Å². The van der Waals surface area contributed by atoms with Crippen LogP contribution in [0.25, 0.3) is 22.6 Å². The summed E-state index contributed by atoms with van der Waals surface area (Å²) in [6.45, 7) is 0.228. The highest BCUT2D eigenvalue weighted by Gasteiger charge is 2.34. The number of alkyl halides is 3. The number of halogens is 4. The Bertz CT molecular complexity index is 1430. The van der Waals surface area contributed by atoms with E-state index in [0.29, 0.717) is 16.3 Å². The lowest BCUT2D eigenvalue weighted by molar-refractivity contribution is -0.137. The summed E-state index contributed by atoms with van der Waals surface area (Å²) in [5.41, 5.74) is 0.536. The summed E-state index contributed by atoms with van der Waals surface area (Å²) in [6, 6.07) is 8.69. The van der Waals surface area contributed by atoms with Gasteiger partial charge in [-0.1, -0.05) is 35.1 Å². The number of aromatic nitrogens is 3. The van der Waals surface area contributed by atoms with Crippen molar-refractivity contribution in [3.63, 3.8) is 0 Å². The van der Waals surface area contributed by atoms with E-state index in [1.807, 2.05) is 0 Å². The number of aliphatic hydroxyl groups excluding tert-OH is 2. The van der Waals surface area contributed by atoms with Crippen molar-refractivity contribution >= 4 is 50.6 Å². The maximum atomic E-state index is 13.8. The number of aromatic hydroxyl groups is 1. The SMILES string of the molecule is Oc1nc(N2C[C@@H](O)[C@H](O)C2)sc1C(=Cc1ccc(Cl)cc1C(F)(F)F)c1ccc2[nH]ncc2c1. The van der Waals surface area contributed by atoms with Gasteiger partial charge in [0.15, 0.2) is 5.13 Å². The number of β-amino-alcohol motifs (C(OH)–C–C–N with tert-alkyl or cyclic N) is 2. The lowest BCUT2D eigenvalue weighted by Gasteiger charge is -2.14. The summed E-state index contributed by atoms with van der Waals surface area (Å²) in [7, 11) is 0. The molecule has 0 aliphatic carbocycles. The van der Waals surface area contributed by atoms with E-state index in [1.165, 1.54) is 18.2 Å². The minimum atomic E-state index is -4.65. The Morgan fingerprint density at radius 3 is 2.60 bits per heavy atom. The van der Waals surface area contributed by atoms with E-state index < -0.39 is 23.9 Å². The standard InChI is InChI=1S/C23H18ClF3N4O3S/c24-14-3-1-12(16(7-14)23(25,26)27)6-15(11-2-4-17-13(5-11)8-28-30-17)20-21(34)29-22(35-20)31-9-18(32)19(33)10-31/h1-8,18-19,32-34H,9-10H2,(H,28,30)/t18-,19-/m1/s1. The van der Waals surface area contributed by atoms with Crippen LogP contribution in [0.4, 0.5) is 18.3 Å². The van der Waals surface area contributed by atoms with Crippen molar-refractivity contribution in [2.75, 3.05) is 18.0 Å². The molecule has 0 unspecified atom stereocenters. The van der Waals surface area contributed by atoms with Gasteiger partial charge in [-0.25, -0.2) is 0 Å². The minimum Gasteiger partial charge on any atom is -0.492 e. The molecule has 182 valence electrons. The number of aliphatic hydroxyl groups is 2. The van der Waals surface area contributed by atoms with Crippen molar-refractivity contribution in [1.29, 1.82) is 0 Å². The van der Waals surface area contributed by atoms with Gasteiger partial charge in [-0.15, -0.1) is 0 Å². The van der Waals surface area contributed by atoms with E-state index in [2.05, 4.69) is 15.2 Å². The van der Waals surface area contributed by atoms with Crippen LogP contribution in [0.2, 0.25) is 5.02 Å². The van der Waals surface area contributed by atoms with Crippen molar-refractivity contribution in [2.24, 2.45) is 0 Å². The van der Waals surface area contributed by atoms with Gasteiger partial charge in [0.05, 0.1) is 29.5 Å². The van der Waals surface area contributed by atoms with E-state index in [0.717, 1.165) is 28.3 Å². The third-order valence-electron chi connectivity index (χ3n) is 5.74. The molecule has 2 aromatic heterocycles. The van der Waals surface area contributed by atoms with Crippen molar-refractivity contribution < 1.29 is 28.5 Å². The Balaban J connectivity index is 1.68. The first-order chi connectivity index (χ1) is 16.6. The zero-order valence-corrected chi connectivity index (χ0v) is 19.4. The van der Waals surface area contributed by atoms with Gasteiger partial charge in [0, 0.05) is 29.1 Å². The summed E-state index contributed by atoms with van der Waals surface area (Å²) in [6.07, 6.45) is -3.66. The molecule has 2 aromatic carbocycles. The summed E-state index contributed by atoms with van der Waals surface area (Å²) < 4.78 is 41.4. The molecule has 1 aliphatic heterocycles. The maximum absolute atomic E-state index is 13.8. The molecule has 12 heteroatoms. The quantitative estimate of drug-likeness (QED) is 0.294. The second-order valence-electron chi connectivity index (χ2n) is 8.15. The van der Waals surface area contributed by atoms with Gasteiger partial charge in [0.25, 0.3) is 0 Å². The van der Waals surface area contributed by atoms with Crippen LogP contribution in [0.15, 0.2) is 42.6 Å². The summed E-state index contributed by atoms with van der Waals surface area (Å²) >= 11 is 6.90. The van der Waals surface area contributed by atoms with Crippen molar-refractivity contribution in [3.8, 4) is 5.88 Å². The molecule has 0 saturated carbocycles. The molecule has 0 radical (unpaired) electrons. The first-order valence-electron chi connectivity index (χ1n) is 10.4. The smallest absolute Gasteiger partial charge is 0.417 e. The number of rotatable bonds is 4. The topological polar surface area (TPSA) is 106 Å². The first kappa shape index (κ1) is 23.6. The van der Waals surface area contributed by atoms with Crippen LogP contribution in [0, 0.1) is 0 Å². The zero-order valence-electron chi connectivity index (χ0n) is 17.8. The summed E-state index contributed by atoms with van der Waals surface area (Å²) in [5.74, 6) is -0.373. The molecule has 1 saturated heterocycles. The zero-order chi connectivity index (χ0) is 24.9. The Morgan fingerprint density at radius 2 is 1.89 bits per heavy atom. The first-order valence-corrected chi connectivity index (χ1v) is 11.6. The fourth-order valence-corrected chi connectivity index (χ4v) is 5.17. The molecule has 7 nitrogen and oxygen atoms in total. The molecule has 5 rings (SSSR count). The summed E-state index contributed by atoms with van der Waals surface area (Å²) in [4.78, 5) is 6.01. The number of anilines is 1. The van der Waals surface area contributed by atoms with Gasteiger partial charge in [-0.05, 0) is 41.5 Å². The predicted molar refractivity (Wildman–Crippen MR) is 128 cm³/mol. The molecule has 0 amide bonds. The fourth-order valence-electron chi connectivity index (χ4n) is 3.98. The third-order valence-corrected chi connectivity index (χ3v) is 7.12. The molecule has 4 N–H and O–H groups in total. The van der Waals surface area contributed by atoms with Gasteiger partial charge < -0.3 is 20.2 Å². The number of aromatic amines is 1. The largest absolute Gasteiger partial charge is 0.492 e. The second-order valence-corrected chi connectivity index (χ2v) is 9.56. The van der Waals surface area contributed by atoms with Crippen LogP contribution in [0.5, 0.6) is 5.88 Å². The number of nitrogens with one attached hydrogen (secondary N) is 1. The Hall–Kier alpha value is -3.12. The van der Waals surface area contributed by atoms with E-state index in [-0.39, 0.29) is 34.4 Å². The Kier molecular flexibility index (Phi) is 5.96. The molecule has 1 fully saturated rings. The van der Waals surface area contributed by atoms with Crippen molar-refractivity contribution in [1.82, 2.24) is 15.2 Å². The highest BCUT2D eigenvalue weighted by atomic mass is 35.5. The monoisotopic (exact) mass is 522 g/mol. The predicted octanol–water partition coefficient (Wildman–Crippen LogP) is 4.53. The molecule has 2 atom stereocenters. The van der Waals surface area contributed by atoms with Gasteiger partial charge >= 0.3 is 6.18 Å². The lowest BCUT2D eigenvalue weighted by atomic mass is 9.98. The van der Waals surface area contributed by atoms with E-state index in [4.69, 9.17) is 11.6 Å². The number of nitrogens with zero attached hydrogens (tertiary/aromatic N) is 3. The number of hydrogen-bond donors (Lipinski definition) is 4. The summed E-state index contributed by atoms with van der Waals surface area (Å²) in [5, 5.41) is 38.3. The van der Waals surface area contributed by atoms with E-state index in [1.54, 1.807) is 29.3 Å². The molecule has 0 spiro atoms. The van der Waals surface area contributed by atoms with Crippen LogP contribution in [-0.4, -0.2) is 55.8 Å². The molecule has 1 aliphatic rings. The number of benzene rings is 2. The molecular formula is C23H18ClF3N4O3S. The number of fused-ring (bicyclic) bond motifs is 1. The third kappa shape index (κ3) is 4.59. The second kappa shape index (κ2) is 8.83. The molecule has 4 aromatic rings. The van der Waals surface area contributed by atoms with Crippen LogP contribution >= 0.6 is 22.9 Å². The molecular weight excluding hydrogens is 505 g/mol. The number of thiazole rings is 1. The Morgan fingerprint density at radius 1 is 1.14 bits per heavy atom. The van der Waals surface area contributed by atoms with Gasteiger partial charge in [0.1, 0.15) is 4.88 Å².